The van der Waals surface area contributed by atoms with Gasteiger partial charge in [-0.25, -0.2) is 13.4 Å². The largest absolute Gasteiger partial charge is 0.335 e. The molecule has 3 fully saturated rings. The molecule has 2 saturated heterocycles. The number of aromatic nitrogens is 2. The Hall–Kier alpha value is -0.960. The van der Waals surface area contributed by atoms with Crippen molar-refractivity contribution in [3.8, 4) is 0 Å². The summed E-state index contributed by atoms with van der Waals surface area (Å²) >= 11 is 0. The molecule has 0 amide bonds. The van der Waals surface area contributed by atoms with Crippen LogP contribution in [-0.4, -0.2) is 83.8 Å². The summed E-state index contributed by atoms with van der Waals surface area (Å²) in [6, 6.07) is 1.16. The molecule has 4 rings (SSSR count). The fraction of sp³-hybridized carbons (Fsp3) is 0.812. The average molecular weight is 353 g/mol. The molecule has 3 heterocycles. The predicted octanol–water partition coefficient (Wildman–Crippen LogP) is 0.733. The summed E-state index contributed by atoms with van der Waals surface area (Å²) in [7, 11) is -3.38. The van der Waals surface area contributed by atoms with E-state index in [-0.39, 0.29) is 5.03 Å². The first-order valence-electron chi connectivity index (χ1n) is 9.11. The number of piperazine rings is 1. The van der Waals surface area contributed by atoms with Crippen LogP contribution in [0.3, 0.4) is 0 Å². The summed E-state index contributed by atoms with van der Waals surface area (Å²) in [6.07, 6.45) is 9.68. The van der Waals surface area contributed by atoms with Crippen molar-refractivity contribution in [2.45, 2.75) is 49.2 Å². The molecule has 0 radical (unpaired) electrons. The molecule has 1 aliphatic carbocycles. The number of aromatic amines is 1. The maximum Gasteiger partial charge on any atom is 0.260 e. The molecule has 3 aliphatic rings. The SMILES string of the molecule is O=S(=O)(c1cnc[nH]1)N1CC(N2CCN(C3CCCCC3)CC2)C1. The Morgan fingerprint density at radius 3 is 2.17 bits per heavy atom. The van der Waals surface area contributed by atoms with E-state index < -0.39 is 10.0 Å². The second-order valence-corrected chi connectivity index (χ2v) is 9.16. The summed E-state index contributed by atoms with van der Waals surface area (Å²) in [4.78, 5) is 11.6. The molecular formula is C16H27N5O2S. The van der Waals surface area contributed by atoms with E-state index in [0.717, 1.165) is 32.2 Å². The Bertz CT molecular complexity index is 627. The quantitative estimate of drug-likeness (QED) is 0.864. The predicted molar refractivity (Wildman–Crippen MR) is 91.2 cm³/mol. The zero-order valence-electron chi connectivity index (χ0n) is 14.1. The van der Waals surface area contributed by atoms with E-state index in [1.807, 2.05) is 0 Å². The van der Waals surface area contributed by atoms with Crippen LogP contribution in [0.5, 0.6) is 0 Å². The highest BCUT2D eigenvalue weighted by Gasteiger charge is 2.41. The first-order chi connectivity index (χ1) is 11.6. The molecule has 0 spiro atoms. The van der Waals surface area contributed by atoms with Gasteiger partial charge in [0.05, 0.1) is 12.5 Å². The second-order valence-electron chi connectivity index (χ2n) is 7.26. The third-order valence-electron chi connectivity index (χ3n) is 5.88. The van der Waals surface area contributed by atoms with Crippen LogP contribution in [-0.2, 0) is 10.0 Å². The van der Waals surface area contributed by atoms with Crippen molar-refractivity contribution in [2.75, 3.05) is 39.3 Å². The van der Waals surface area contributed by atoms with Gasteiger partial charge in [-0.15, -0.1) is 0 Å². The fourth-order valence-electron chi connectivity index (χ4n) is 4.28. The van der Waals surface area contributed by atoms with Crippen LogP contribution in [0.15, 0.2) is 17.6 Å². The van der Waals surface area contributed by atoms with Crippen LogP contribution < -0.4 is 0 Å². The van der Waals surface area contributed by atoms with Crippen molar-refractivity contribution in [1.82, 2.24) is 24.1 Å². The molecule has 134 valence electrons. The number of nitrogens with one attached hydrogen (secondary N) is 1. The van der Waals surface area contributed by atoms with Gasteiger partial charge < -0.3 is 4.98 Å². The van der Waals surface area contributed by atoms with Crippen molar-refractivity contribution >= 4 is 10.0 Å². The van der Waals surface area contributed by atoms with Gasteiger partial charge in [-0.1, -0.05) is 19.3 Å². The number of imidazole rings is 1. The Kier molecular flexibility index (Phi) is 4.64. The van der Waals surface area contributed by atoms with Gasteiger partial charge in [0, 0.05) is 51.4 Å². The topological polar surface area (TPSA) is 72.5 Å². The highest BCUT2D eigenvalue weighted by atomic mass is 32.2. The highest BCUT2D eigenvalue weighted by Crippen LogP contribution is 2.26. The van der Waals surface area contributed by atoms with E-state index in [4.69, 9.17) is 0 Å². The minimum atomic E-state index is -3.38. The van der Waals surface area contributed by atoms with Crippen molar-refractivity contribution in [2.24, 2.45) is 0 Å². The number of sulfonamides is 1. The van der Waals surface area contributed by atoms with E-state index >= 15 is 0 Å². The number of hydrogen-bond acceptors (Lipinski definition) is 5. The fourth-order valence-corrected chi connectivity index (χ4v) is 5.69. The molecule has 7 nitrogen and oxygen atoms in total. The molecular weight excluding hydrogens is 326 g/mol. The smallest absolute Gasteiger partial charge is 0.260 e. The molecule has 0 bridgehead atoms. The van der Waals surface area contributed by atoms with Gasteiger partial charge in [0.25, 0.3) is 10.0 Å². The van der Waals surface area contributed by atoms with Crippen molar-refractivity contribution in [1.29, 1.82) is 0 Å². The van der Waals surface area contributed by atoms with Crippen LogP contribution in [0.2, 0.25) is 0 Å². The van der Waals surface area contributed by atoms with E-state index in [2.05, 4.69) is 19.8 Å². The van der Waals surface area contributed by atoms with Gasteiger partial charge in [0.15, 0.2) is 5.03 Å². The monoisotopic (exact) mass is 353 g/mol. The molecule has 8 heteroatoms. The summed E-state index contributed by atoms with van der Waals surface area (Å²) in [5.74, 6) is 0. The van der Waals surface area contributed by atoms with E-state index in [0.29, 0.717) is 19.1 Å². The summed E-state index contributed by atoms with van der Waals surface area (Å²) < 4.78 is 26.3. The second kappa shape index (κ2) is 6.74. The van der Waals surface area contributed by atoms with Crippen LogP contribution >= 0.6 is 0 Å². The molecule has 1 aromatic rings. The molecule has 1 saturated carbocycles. The molecule has 1 N–H and O–H groups in total. The number of hydrogen-bond donors (Lipinski definition) is 1. The van der Waals surface area contributed by atoms with Crippen molar-refractivity contribution in [3.63, 3.8) is 0 Å². The van der Waals surface area contributed by atoms with E-state index in [1.165, 1.54) is 44.6 Å². The lowest BCUT2D eigenvalue weighted by Crippen LogP contribution is -2.64. The first kappa shape index (κ1) is 16.5. The zero-order valence-corrected chi connectivity index (χ0v) is 14.9. The van der Waals surface area contributed by atoms with Crippen molar-refractivity contribution in [3.05, 3.63) is 12.5 Å². The van der Waals surface area contributed by atoms with Crippen LogP contribution in [0.25, 0.3) is 0 Å². The first-order valence-corrected chi connectivity index (χ1v) is 10.6. The van der Waals surface area contributed by atoms with Gasteiger partial charge in [-0.2, -0.15) is 4.31 Å². The Morgan fingerprint density at radius 1 is 0.958 bits per heavy atom. The lowest BCUT2D eigenvalue weighted by atomic mass is 9.93. The standard InChI is InChI=1S/C16H27N5O2S/c22-24(23,16-10-17-13-18-16)21-11-15(12-21)20-8-6-19(7-9-20)14-4-2-1-3-5-14/h10,13-15H,1-9,11-12H2,(H,17,18). The summed E-state index contributed by atoms with van der Waals surface area (Å²) in [5.41, 5.74) is 0. The highest BCUT2D eigenvalue weighted by molar-refractivity contribution is 7.89. The van der Waals surface area contributed by atoms with Gasteiger partial charge >= 0.3 is 0 Å². The molecule has 0 atom stereocenters. The lowest BCUT2D eigenvalue weighted by molar-refractivity contribution is 0.0202. The van der Waals surface area contributed by atoms with Crippen molar-refractivity contribution < 1.29 is 8.42 Å². The lowest BCUT2D eigenvalue weighted by Gasteiger charge is -2.48. The van der Waals surface area contributed by atoms with Crippen LogP contribution in [0.4, 0.5) is 0 Å². The Morgan fingerprint density at radius 2 is 1.58 bits per heavy atom. The Balaban J connectivity index is 1.26. The van der Waals surface area contributed by atoms with Gasteiger partial charge in [-0.05, 0) is 12.8 Å². The maximum atomic E-state index is 12.4. The summed E-state index contributed by atoms with van der Waals surface area (Å²) in [6.45, 7) is 5.61. The minimum Gasteiger partial charge on any atom is -0.335 e. The molecule has 1 aromatic heterocycles. The van der Waals surface area contributed by atoms with E-state index in [1.54, 1.807) is 4.31 Å². The average Bonchev–Trinajstić information content (AvgIpc) is 3.10. The summed E-state index contributed by atoms with van der Waals surface area (Å²) in [5, 5.41) is 0.197. The van der Waals surface area contributed by atoms with Gasteiger partial charge in [-0.3, -0.25) is 9.80 Å². The zero-order chi connectivity index (χ0) is 16.6. The molecule has 0 aromatic carbocycles. The minimum absolute atomic E-state index is 0.197. The molecule has 2 aliphatic heterocycles. The molecule has 0 unspecified atom stereocenters. The third-order valence-corrected chi connectivity index (χ3v) is 7.63. The Labute approximate surface area is 144 Å². The van der Waals surface area contributed by atoms with Crippen LogP contribution in [0, 0.1) is 0 Å². The number of rotatable bonds is 4. The van der Waals surface area contributed by atoms with Crippen LogP contribution in [0.1, 0.15) is 32.1 Å². The number of nitrogens with zero attached hydrogens (tertiary/aromatic N) is 4. The van der Waals surface area contributed by atoms with Gasteiger partial charge in [0.1, 0.15) is 0 Å². The maximum absolute atomic E-state index is 12.4. The normalized spacial score (nSPS) is 26.5. The number of H-pyrrole nitrogens is 1. The van der Waals surface area contributed by atoms with Gasteiger partial charge in [0.2, 0.25) is 0 Å². The molecule has 24 heavy (non-hydrogen) atoms. The van der Waals surface area contributed by atoms with E-state index in [9.17, 15) is 8.42 Å². The third kappa shape index (κ3) is 3.12.